The van der Waals surface area contributed by atoms with Gasteiger partial charge in [0, 0.05) is 7.05 Å². The molecule has 13 heavy (non-hydrogen) atoms. The standard InChI is InChI=1S/C9H17N3O/c1-6-7(10)8(12(5)11-6)13-9(2,3)4/h10H2,1-5H3. The van der Waals surface area contributed by atoms with Crippen molar-refractivity contribution in [2.45, 2.75) is 33.3 Å². The van der Waals surface area contributed by atoms with Crippen molar-refractivity contribution in [1.29, 1.82) is 0 Å². The molecule has 2 N–H and O–H groups in total. The van der Waals surface area contributed by atoms with Gasteiger partial charge < -0.3 is 10.5 Å². The lowest BCUT2D eigenvalue weighted by Gasteiger charge is -2.21. The van der Waals surface area contributed by atoms with Crippen molar-refractivity contribution < 1.29 is 4.74 Å². The Morgan fingerprint density at radius 2 is 1.92 bits per heavy atom. The average molecular weight is 183 g/mol. The number of hydrogen-bond acceptors (Lipinski definition) is 3. The zero-order valence-corrected chi connectivity index (χ0v) is 8.88. The van der Waals surface area contributed by atoms with Gasteiger partial charge in [-0.2, -0.15) is 5.10 Å². The van der Waals surface area contributed by atoms with Gasteiger partial charge in [0.05, 0.1) is 5.69 Å². The Hall–Kier alpha value is -1.19. The summed E-state index contributed by atoms with van der Waals surface area (Å²) in [7, 11) is 1.82. The monoisotopic (exact) mass is 183 g/mol. The largest absolute Gasteiger partial charge is 0.471 e. The molecule has 0 amide bonds. The van der Waals surface area contributed by atoms with Crippen LogP contribution in [0.1, 0.15) is 26.5 Å². The van der Waals surface area contributed by atoms with E-state index in [9.17, 15) is 0 Å². The number of nitrogens with two attached hydrogens (primary N) is 1. The summed E-state index contributed by atoms with van der Waals surface area (Å²) in [6.07, 6.45) is 0. The molecule has 0 saturated carbocycles. The first-order valence-electron chi connectivity index (χ1n) is 4.29. The van der Waals surface area contributed by atoms with E-state index in [4.69, 9.17) is 10.5 Å². The highest BCUT2D eigenvalue weighted by atomic mass is 16.5. The van der Waals surface area contributed by atoms with Gasteiger partial charge in [0.1, 0.15) is 11.3 Å². The first kappa shape index (κ1) is 9.89. The van der Waals surface area contributed by atoms with Gasteiger partial charge in [-0.25, -0.2) is 4.68 Å². The van der Waals surface area contributed by atoms with Gasteiger partial charge in [-0.05, 0) is 27.7 Å². The molecule has 0 aliphatic carbocycles. The normalized spacial score (nSPS) is 11.8. The quantitative estimate of drug-likeness (QED) is 0.717. The van der Waals surface area contributed by atoms with E-state index in [2.05, 4.69) is 5.10 Å². The highest BCUT2D eigenvalue weighted by molar-refractivity contribution is 5.52. The lowest BCUT2D eigenvalue weighted by Crippen LogP contribution is -2.24. The van der Waals surface area contributed by atoms with Crippen LogP contribution < -0.4 is 10.5 Å². The van der Waals surface area contributed by atoms with Crippen molar-refractivity contribution in [3.63, 3.8) is 0 Å². The molecule has 0 fully saturated rings. The molecule has 0 aliphatic heterocycles. The molecule has 74 valence electrons. The third-order valence-corrected chi connectivity index (χ3v) is 1.62. The molecule has 0 aliphatic rings. The predicted molar refractivity (Wildman–Crippen MR) is 52.7 cm³/mol. The Morgan fingerprint density at radius 1 is 1.38 bits per heavy atom. The molecule has 0 atom stereocenters. The van der Waals surface area contributed by atoms with Crippen LogP contribution in [-0.2, 0) is 7.05 Å². The maximum atomic E-state index is 5.80. The fourth-order valence-corrected chi connectivity index (χ4v) is 1.06. The maximum Gasteiger partial charge on any atom is 0.236 e. The van der Waals surface area contributed by atoms with E-state index in [-0.39, 0.29) is 5.60 Å². The van der Waals surface area contributed by atoms with E-state index < -0.39 is 0 Å². The van der Waals surface area contributed by atoms with Crippen molar-refractivity contribution in [2.24, 2.45) is 7.05 Å². The molecular formula is C9H17N3O. The highest BCUT2D eigenvalue weighted by Gasteiger charge is 2.18. The minimum absolute atomic E-state index is 0.242. The molecule has 0 spiro atoms. The van der Waals surface area contributed by atoms with Gasteiger partial charge in [0.2, 0.25) is 5.88 Å². The Morgan fingerprint density at radius 3 is 2.23 bits per heavy atom. The minimum atomic E-state index is -0.242. The van der Waals surface area contributed by atoms with E-state index in [1.54, 1.807) is 4.68 Å². The van der Waals surface area contributed by atoms with Crippen LogP contribution in [-0.4, -0.2) is 15.4 Å². The summed E-state index contributed by atoms with van der Waals surface area (Å²) in [6.45, 7) is 7.81. The molecule has 1 rings (SSSR count). The van der Waals surface area contributed by atoms with Crippen LogP contribution in [0, 0.1) is 6.92 Å². The van der Waals surface area contributed by atoms with Crippen molar-refractivity contribution in [2.75, 3.05) is 5.73 Å². The molecule has 0 saturated heterocycles. The lowest BCUT2D eigenvalue weighted by molar-refractivity contribution is 0.118. The van der Waals surface area contributed by atoms with Crippen molar-refractivity contribution >= 4 is 5.69 Å². The van der Waals surface area contributed by atoms with E-state index in [1.807, 2.05) is 34.7 Å². The number of aryl methyl sites for hydroxylation is 2. The van der Waals surface area contributed by atoms with Crippen LogP contribution in [0.15, 0.2) is 0 Å². The van der Waals surface area contributed by atoms with Crippen molar-refractivity contribution in [3.05, 3.63) is 5.69 Å². The van der Waals surface area contributed by atoms with Gasteiger partial charge in [-0.15, -0.1) is 0 Å². The second-order valence-electron chi connectivity index (χ2n) is 4.14. The van der Waals surface area contributed by atoms with Gasteiger partial charge in [0.15, 0.2) is 0 Å². The number of rotatable bonds is 1. The Labute approximate surface area is 78.7 Å². The van der Waals surface area contributed by atoms with Crippen LogP contribution >= 0.6 is 0 Å². The van der Waals surface area contributed by atoms with Crippen LogP contribution in [0.5, 0.6) is 5.88 Å². The number of ether oxygens (including phenoxy) is 1. The number of nitrogen functional groups attached to an aromatic ring is 1. The highest BCUT2D eigenvalue weighted by Crippen LogP contribution is 2.27. The summed E-state index contributed by atoms with van der Waals surface area (Å²) in [5.74, 6) is 0.644. The SMILES string of the molecule is Cc1nn(C)c(OC(C)(C)C)c1N. The second-order valence-corrected chi connectivity index (χ2v) is 4.14. The summed E-state index contributed by atoms with van der Waals surface area (Å²) in [4.78, 5) is 0. The molecule has 1 aromatic rings. The Balaban J connectivity index is 3.01. The van der Waals surface area contributed by atoms with Crippen LogP contribution in [0.2, 0.25) is 0 Å². The first-order chi connectivity index (χ1) is 5.81. The molecule has 0 aromatic carbocycles. The van der Waals surface area contributed by atoms with Crippen molar-refractivity contribution in [1.82, 2.24) is 9.78 Å². The second kappa shape index (κ2) is 2.94. The lowest BCUT2D eigenvalue weighted by atomic mass is 10.2. The summed E-state index contributed by atoms with van der Waals surface area (Å²) >= 11 is 0. The smallest absolute Gasteiger partial charge is 0.236 e. The third-order valence-electron chi connectivity index (χ3n) is 1.62. The van der Waals surface area contributed by atoms with Gasteiger partial charge in [0.25, 0.3) is 0 Å². The molecular weight excluding hydrogens is 166 g/mol. The molecule has 4 heteroatoms. The van der Waals surface area contributed by atoms with Crippen LogP contribution in [0.25, 0.3) is 0 Å². The minimum Gasteiger partial charge on any atom is -0.471 e. The maximum absolute atomic E-state index is 5.80. The molecule has 0 unspecified atom stereocenters. The number of hydrogen-bond donors (Lipinski definition) is 1. The molecule has 0 radical (unpaired) electrons. The Kier molecular flexibility index (Phi) is 2.24. The molecule has 0 bridgehead atoms. The van der Waals surface area contributed by atoms with E-state index in [1.165, 1.54) is 0 Å². The fraction of sp³-hybridized carbons (Fsp3) is 0.667. The van der Waals surface area contributed by atoms with E-state index >= 15 is 0 Å². The number of anilines is 1. The van der Waals surface area contributed by atoms with Gasteiger partial charge >= 0.3 is 0 Å². The van der Waals surface area contributed by atoms with E-state index in [0.29, 0.717) is 11.6 Å². The number of nitrogens with zero attached hydrogens (tertiary/aromatic N) is 2. The van der Waals surface area contributed by atoms with Crippen LogP contribution in [0.3, 0.4) is 0 Å². The predicted octanol–water partition coefficient (Wildman–Crippen LogP) is 1.49. The van der Waals surface area contributed by atoms with E-state index in [0.717, 1.165) is 5.69 Å². The summed E-state index contributed by atoms with van der Waals surface area (Å²) in [5, 5.41) is 4.16. The zero-order chi connectivity index (χ0) is 10.2. The zero-order valence-electron chi connectivity index (χ0n) is 8.88. The Bertz CT molecular complexity index is 309. The fourth-order valence-electron chi connectivity index (χ4n) is 1.06. The molecule has 4 nitrogen and oxygen atoms in total. The van der Waals surface area contributed by atoms with Gasteiger partial charge in [-0.1, -0.05) is 0 Å². The summed E-state index contributed by atoms with van der Waals surface area (Å²) in [5.41, 5.74) is 6.99. The molecule has 1 heterocycles. The average Bonchev–Trinajstić information content (AvgIpc) is 2.14. The third kappa shape index (κ3) is 2.14. The number of aromatic nitrogens is 2. The first-order valence-corrected chi connectivity index (χ1v) is 4.29. The van der Waals surface area contributed by atoms with Crippen LogP contribution in [0.4, 0.5) is 5.69 Å². The topological polar surface area (TPSA) is 53.1 Å². The van der Waals surface area contributed by atoms with Crippen molar-refractivity contribution in [3.8, 4) is 5.88 Å². The molecule has 1 aromatic heterocycles. The summed E-state index contributed by atoms with van der Waals surface area (Å²) < 4.78 is 7.32. The van der Waals surface area contributed by atoms with Gasteiger partial charge in [-0.3, -0.25) is 0 Å². The summed E-state index contributed by atoms with van der Waals surface area (Å²) in [6, 6.07) is 0.